The van der Waals surface area contributed by atoms with Crippen LogP contribution in [0.15, 0.2) is 48.1 Å². The highest BCUT2D eigenvalue weighted by Gasteiger charge is 2.46. The summed E-state index contributed by atoms with van der Waals surface area (Å²) in [5.41, 5.74) is 2.25. The highest BCUT2D eigenvalue weighted by molar-refractivity contribution is 5.73. The molecule has 3 unspecified atom stereocenters. The van der Waals surface area contributed by atoms with E-state index in [1.165, 1.54) is 5.57 Å². The Morgan fingerprint density at radius 3 is 2.29 bits per heavy atom. The van der Waals surface area contributed by atoms with Crippen LogP contribution in [0, 0.1) is 11.3 Å². The van der Waals surface area contributed by atoms with Gasteiger partial charge >= 0.3 is 0 Å². The fourth-order valence-electron chi connectivity index (χ4n) is 3.36. The second-order valence-electron chi connectivity index (χ2n) is 7.83. The van der Waals surface area contributed by atoms with Crippen molar-refractivity contribution < 1.29 is 5.11 Å². The van der Waals surface area contributed by atoms with Gasteiger partial charge in [0.15, 0.2) is 0 Å². The van der Waals surface area contributed by atoms with Gasteiger partial charge in [-0.2, -0.15) is 15.0 Å². The van der Waals surface area contributed by atoms with Crippen LogP contribution in [0.25, 0.3) is 11.0 Å². The van der Waals surface area contributed by atoms with Crippen LogP contribution in [-0.4, -0.2) is 26.2 Å². The summed E-state index contributed by atoms with van der Waals surface area (Å²) in [7, 11) is 0. The number of hydrogen-bond acceptors (Lipinski definition) is 3. The molecular weight excluding hydrogens is 298 g/mol. The number of aliphatic hydroxyl groups excluding tert-OH is 1. The Labute approximate surface area is 143 Å². The number of aromatic nitrogens is 3. The van der Waals surface area contributed by atoms with Gasteiger partial charge in [0.2, 0.25) is 0 Å². The molecule has 0 saturated carbocycles. The highest BCUT2D eigenvalue weighted by Crippen LogP contribution is 2.41. The monoisotopic (exact) mass is 325 g/mol. The largest absolute Gasteiger partial charge is 0.386 e. The molecule has 2 aromatic rings. The summed E-state index contributed by atoms with van der Waals surface area (Å²) in [6, 6.07) is 7.85. The second-order valence-corrected chi connectivity index (χ2v) is 7.83. The zero-order valence-corrected chi connectivity index (χ0v) is 15.2. The molecule has 0 aliphatic heterocycles. The Hall–Kier alpha value is -1.94. The molecule has 0 radical (unpaired) electrons. The average molecular weight is 325 g/mol. The number of nitrogens with zero attached hydrogens (tertiary/aromatic N) is 3. The first-order chi connectivity index (χ1) is 11.3. The van der Waals surface area contributed by atoms with Crippen molar-refractivity contribution in [2.75, 3.05) is 0 Å². The van der Waals surface area contributed by atoms with Crippen molar-refractivity contribution >= 4 is 11.0 Å². The summed E-state index contributed by atoms with van der Waals surface area (Å²) in [6.07, 6.45) is 6.39. The van der Waals surface area contributed by atoms with Crippen molar-refractivity contribution in [2.45, 2.75) is 52.7 Å². The number of allylic oxidation sites excluding steroid dienone is 2. The van der Waals surface area contributed by atoms with Crippen molar-refractivity contribution in [1.82, 2.24) is 15.0 Å². The van der Waals surface area contributed by atoms with Crippen LogP contribution in [0.1, 0.15) is 41.0 Å². The lowest BCUT2D eigenvalue weighted by atomic mass is 9.71. The summed E-state index contributed by atoms with van der Waals surface area (Å²) in [5, 5.41) is 20.4. The van der Waals surface area contributed by atoms with E-state index in [1.807, 2.05) is 36.4 Å². The first-order valence-corrected chi connectivity index (χ1v) is 8.71. The van der Waals surface area contributed by atoms with Crippen LogP contribution in [0.2, 0.25) is 0 Å². The van der Waals surface area contributed by atoms with E-state index in [-0.39, 0.29) is 11.3 Å². The second kappa shape index (κ2) is 5.85. The van der Waals surface area contributed by atoms with Gasteiger partial charge < -0.3 is 5.11 Å². The SMILES string of the molecule is CCC(C)C1(n2nc3ccccc3n2)C=C(C(C)(C)C)C=CC1O. The van der Waals surface area contributed by atoms with Gasteiger partial charge in [-0.25, -0.2) is 0 Å². The van der Waals surface area contributed by atoms with E-state index in [4.69, 9.17) is 10.2 Å². The lowest BCUT2D eigenvalue weighted by Crippen LogP contribution is -2.50. The van der Waals surface area contributed by atoms with Gasteiger partial charge in [0.1, 0.15) is 22.7 Å². The first-order valence-electron chi connectivity index (χ1n) is 8.71. The Morgan fingerprint density at radius 2 is 1.79 bits per heavy atom. The fraction of sp³-hybridized carbons (Fsp3) is 0.500. The van der Waals surface area contributed by atoms with E-state index in [2.05, 4.69) is 40.7 Å². The third kappa shape index (κ3) is 2.59. The number of fused-ring (bicyclic) bond motifs is 1. The number of rotatable bonds is 3. The number of benzene rings is 1. The molecule has 0 fully saturated rings. The third-order valence-electron chi connectivity index (χ3n) is 5.22. The van der Waals surface area contributed by atoms with Crippen LogP contribution in [-0.2, 0) is 5.54 Å². The fourth-order valence-corrected chi connectivity index (χ4v) is 3.36. The highest BCUT2D eigenvalue weighted by atomic mass is 16.3. The quantitative estimate of drug-likeness (QED) is 0.925. The van der Waals surface area contributed by atoms with Crippen molar-refractivity contribution in [2.24, 2.45) is 11.3 Å². The molecule has 3 atom stereocenters. The summed E-state index contributed by atoms with van der Waals surface area (Å²) < 4.78 is 0. The maximum atomic E-state index is 11.0. The molecule has 1 N–H and O–H groups in total. The smallest absolute Gasteiger partial charge is 0.133 e. The van der Waals surface area contributed by atoms with Crippen LogP contribution < -0.4 is 0 Å². The normalized spacial score (nSPS) is 25.8. The molecule has 0 amide bonds. The van der Waals surface area contributed by atoms with Crippen LogP contribution in [0.4, 0.5) is 0 Å². The third-order valence-corrected chi connectivity index (χ3v) is 5.22. The van der Waals surface area contributed by atoms with E-state index in [9.17, 15) is 5.11 Å². The van der Waals surface area contributed by atoms with Gasteiger partial charge in [0, 0.05) is 0 Å². The van der Waals surface area contributed by atoms with Gasteiger partial charge in [-0.15, -0.1) is 0 Å². The molecule has 0 bridgehead atoms. The molecular formula is C20H27N3O. The van der Waals surface area contributed by atoms with E-state index in [0.717, 1.165) is 17.5 Å². The summed E-state index contributed by atoms with van der Waals surface area (Å²) in [5.74, 6) is 0.191. The molecule has 4 heteroatoms. The number of aliphatic hydroxyl groups is 1. The van der Waals surface area contributed by atoms with Crippen molar-refractivity contribution in [1.29, 1.82) is 0 Å². The molecule has 128 valence electrons. The standard InChI is InChI=1S/C20H27N3O/c1-6-14(2)20(13-15(19(3,4)5)11-12-18(20)24)23-21-16-9-7-8-10-17(16)22-23/h7-14,18,24H,6H2,1-5H3. The topological polar surface area (TPSA) is 50.9 Å². The van der Waals surface area contributed by atoms with Gasteiger partial charge in [-0.3, -0.25) is 0 Å². The lowest BCUT2D eigenvalue weighted by Gasteiger charge is -2.42. The van der Waals surface area contributed by atoms with Crippen molar-refractivity contribution in [3.8, 4) is 0 Å². The van der Waals surface area contributed by atoms with Crippen LogP contribution in [0.3, 0.4) is 0 Å². The Bertz CT molecular complexity index is 764. The minimum Gasteiger partial charge on any atom is -0.386 e. The molecule has 24 heavy (non-hydrogen) atoms. The van der Waals surface area contributed by atoms with Crippen LogP contribution >= 0.6 is 0 Å². The predicted octanol–water partition coefficient (Wildman–Crippen LogP) is 4.08. The number of hydrogen-bond donors (Lipinski definition) is 1. The molecule has 1 aromatic heterocycles. The van der Waals surface area contributed by atoms with Gasteiger partial charge in [-0.1, -0.05) is 65.3 Å². The van der Waals surface area contributed by atoms with Gasteiger partial charge in [-0.05, 0) is 35.1 Å². The molecule has 0 saturated heterocycles. The summed E-state index contributed by atoms with van der Waals surface area (Å²) in [4.78, 5) is 1.74. The Kier molecular flexibility index (Phi) is 4.12. The summed E-state index contributed by atoms with van der Waals surface area (Å²) in [6.45, 7) is 10.9. The van der Waals surface area contributed by atoms with Crippen molar-refractivity contribution in [3.05, 3.63) is 48.1 Å². The first kappa shape index (κ1) is 16.9. The molecule has 1 aromatic carbocycles. The molecule has 3 rings (SSSR count). The Balaban J connectivity index is 2.24. The van der Waals surface area contributed by atoms with E-state index < -0.39 is 11.6 Å². The molecule has 4 nitrogen and oxygen atoms in total. The Morgan fingerprint density at radius 1 is 1.21 bits per heavy atom. The van der Waals surface area contributed by atoms with Crippen molar-refractivity contribution in [3.63, 3.8) is 0 Å². The minimum atomic E-state index is -0.662. The molecule has 0 spiro atoms. The van der Waals surface area contributed by atoms with E-state index in [0.29, 0.717) is 0 Å². The average Bonchev–Trinajstić information content (AvgIpc) is 2.97. The van der Waals surface area contributed by atoms with E-state index >= 15 is 0 Å². The van der Waals surface area contributed by atoms with E-state index in [1.54, 1.807) is 4.80 Å². The van der Waals surface area contributed by atoms with Gasteiger partial charge in [0.25, 0.3) is 0 Å². The van der Waals surface area contributed by atoms with Gasteiger partial charge in [0.05, 0.1) is 0 Å². The zero-order chi connectivity index (χ0) is 17.5. The molecule has 1 heterocycles. The van der Waals surface area contributed by atoms with Crippen LogP contribution in [0.5, 0.6) is 0 Å². The summed E-state index contributed by atoms with van der Waals surface area (Å²) >= 11 is 0. The molecule has 1 aliphatic rings. The lowest BCUT2D eigenvalue weighted by molar-refractivity contribution is 0.0389. The maximum Gasteiger partial charge on any atom is 0.133 e. The maximum absolute atomic E-state index is 11.0. The predicted molar refractivity (Wildman–Crippen MR) is 97.6 cm³/mol. The minimum absolute atomic E-state index is 0.00191. The zero-order valence-electron chi connectivity index (χ0n) is 15.2. The molecule has 1 aliphatic carbocycles.